The molecule has 0 saturated carbocycles. The molecule has 0 radical (unpaired) electrons. The number of carboxylic acid groups (broad SMARTS) is 3. The average Bonchev–Trinajstić information content (AvgIpc) is 0.765. The lowest BCUT2D eigenvalue weighted by Crippen LogP contribution is -2.71. The third-order valence-electron chi connectivity index (χ3n) is 14.2. The Labute approximate surface area is 565 Å². The van der Waals surface area contributed by atoms with Crippen molar-refractivity contribution in [3.05, 3.63) is 11.8 Å². The summed E-state index contributed by atoms with van der Waals surface area (Å²) in [5.74, 6) is -9.08. The molecule has 0 spiro atoms. The summed E-state index contributed by atoms with van der Waals surface area (Å²) in [6.07, 6.45) is -69.6. The van der Waals surface area contributed by atoms with Crippen LogP contribution >= 0.6 is 0 Å². The number of carbonyl (C=O) groups excluding carboxylic acids is 1. The van der Waals surface area contributed by atoms with Crippen LogP contribution in [0.25, 0.3) is 0 Å². The lowest BCUT2D eigenvalue weighted by Gasteiger charge is -2.50. The minimum atomic E-state index is -6.38. The van der Waals surface area contributed by atoms with E-state index in [9.17, 15) is 161 Å². The Morgan fingerprint density at radius 1 is 0.416 bits per heavy atom. The van der Waals surface area contributed by atoms with Crippen molar-refractivity contribution in [3.63, 3.8) is 0 Å². The fraction of sp³-hybridized carbons (Fsp3) is 0.846. The van der Waals surface area contributed by atoms with Crippen LogP contribution in [0.5, 0.6) is 0 Å². The van der Waals surface area contributed by atoms with E-state index in [4.69, 9.17) is 56.8 Å². The van der Waals surface area contributed by atoms with Crippen molar-refractivity contribution in [1.82, 2.24) is 14.8 Å². The molecule has 101 heavy (non-hydrogen) atoms. The van der Waals surface area contributed by atoms with E-state index in [2.05, 4.69) is 20.9 Å². The van der Waals surface area contributed by atoms with Crippen LogP contribution in [0.15, 0.2) is 11.8 Å². The maximum atomic E-state index is 13.1. The van der Waals surface area contributed by atoms with Crippen LogP contribution in [-0.4, -0.2) is 364 Å². The third-order valence-corrected chi connectivity index (χ3v) is 17.6. The van der Waals surface area contributed by atoms with Crippen molar-refractivity contribution in [2.45, 2.75) is 179 Å². The first-order valence-corrected chi connectivity index (χ1v) is 36.6. The Morgan fingerprint density at radius 3 is 1.23 bits per heavy atom. The van der Waals surface area contributed by atoms with E-state index in [0.29, 0.717) is 6.08 Å². The van der Waals surface area contributed by atoms with E-state index < -0.39 is 294 Å². The number of methoxy groups -OCH3 is 1. The van der Waals surface area contributed by atoms with E-state index >= 15 is 0 Å². The van der Waals surface area contributed by atoms with E-state index in [1.165, 1.54) is 4.72 Å². The molecule has 0 aromatic rings. The molecule has 1 amide bonds. The summed E-state index contributed by atoms with van der Waals surface area (Å²) in [5, 5.41) is 112. The van der Waals surface area contributed by atoms with Gasteiger partial charge in [-0.1, -0.05) is 0 Å². The average molecular weight is 1630 g/mol. The van der Waals surface area contributed by atoms with Crippen LogP contribution < -0.4 is 14.8 Å². The number of hydrogen-bond acceptors (Lipinski definition) is 42. The number of amides is 1. The molecule has 0 aliphatic carbocycles. The number of aliphatic hydroxyl groups excluding tert-OH is 7. The van der Waals surface area contributed by atoms with Gasteiger partial charge in [0.2, 0.25) is 18.0 Å². The molecule has 6 aliphatic rings. The number of nitrogens with one attached hydrogen (secondary N) is 3. The Hall–Kier alpha value is -4.21. The van der Waals surface area contributed by atoms with Crippen LogP contribution in [0.1, 0.15) is 6.92 Å². The molecular weight excluding hydrogens is 1570 g/mol. The van der Waals surface area contributed by atoms with Crippen LogP contribution in [0.2, 0.25) is 0 Å². The SMILES string of the molecule is CO[C@H]1O[C@H](COS(=O)(=O)O)[C@@H](O[C@@H]2O[C@@H](C(=O)O)[C@@H](O[C@H]3O[C@H](COS(=O)(=O)O)[C@@H](O[C@@H]4O[C@H](C(=O)O)[C@@H](O[C@H]5O[C@H](COS(=O)(=O)O)[C@@H](OC6OC(C(=O)O)=C[C@H](O)[C@H]6O)[C@H](O)[C@H]5NC(C)=O)[C@H](O)[C@H]4O)[C@H](OS(=O)(=O)O)[C@H]3NS(=O)(=O)O)[C@H](O)[C@H]2OS(=O)(=O)O)[C@H](O)[C@H]1NS(=O)(=O)O. The summed E-state index contributed by atoms with van der Waals surface area (Å²) in [7, 11) is -40.5. The topological polar surface area (TPSA) is 844 Å². The second kappa shape index (κ2) is 33.3. The van der Waals surface area contributed by atoms with Crippen molar-refractivity contribution < 1.29 is 239 Å². The molecule has 0 bridgehead atoms. The molecule has 586 valence electrons. The molecule has 0 aromatic heterocycles. The van der Waals surface area contributed by atoms with Gasteiger partial charge in [0, 0.05) is 14.0 Å². The number of carboxylic acids is 3. The van der Waals surface area contributed by atoms with Gasteiger partial charge in [0.15, 0.2) is 49.8 Å². The van der Waals surface area contributed by atoms with Gasteiger partial charge in [0.25, 0.3) is 0 Å². The fourth-order valence-corrected chi connectivity index (χ4v) is 13.4. The smallest absolute Gasteiger partial charge is 0.397 e. The van der Waals surface area contributed by atoms with Gasteiger partial charge in [-0.15, -0.1) is 0 Å². The molecule has 20 N–H and O–H groups in total. The monoisotopic (exact) mass is 1630 g/mol. The second-order valence-corrected chi connectivity index (χ2v) is 29.0. The molecule has 6 rings (SSSR count). The van der Waals surface area contributed by atoms with Gasteiger partial charge in [0.1, 0.15) is 116 Å². The number of aliphatic hydroxyl groups is 7. The van der Waals surface area contributed by atoms with Crippen molar-refractivity contribution >= 4 is 96.4 Å². The van der Waals surface area contributed by atoms with E-state index in [1.807, 2.05) is 5.32 Å². The first-order valence-electron chi connectivity index (χ1n) is 26.9. The molecule has 0 aromatic carbocycles. The van der Waals surface area contributed by atoms with Crippen LogP contribution in [0.3, 0.4) is 0 Å². The highest BCUT2D eigenvalue weighted by Gasteiger charge is 2.62. The summed E-state index contributed by atoms with van der Waals surface area (Å²) in [4.78, 5) is 50.5. The normalized spacial score (nSPS) is 38.7. The first-order chi connectivity index (χ1) is 46.1. The Kier molecular flexibility index (Phi) is 28.3. The minimum absolute atomic E-state index is 0.470. The number of rotatable bonds is 32. The van der Waals surface area contributed by atoms with Gasteiger partial charge in [-0.2, -0.15) is 68.4 Å². The van der Waals surface area contributed by atoms with Gasteiger partial charge in [-0.3, -0.25) is 36.7 Å². The molecule has 5 saturated heterocycles. The number of hydrogen-bond donors (Lipinski definition) is 20. The molecule has 62 heteroatoms. The molecular formula is C39H61N3O52S7. The first kappa shape index (κ1) is 85.7. The largest absolute Gasteiger partial charge is 0.479 e. The van der Waals surface area contributed by atoms with E-state index in [0.717, 1.165) is 18.8 Å². The fourth-order valence-electron chi connectivity index (χ4n) is 10.3. The van der Waals surface area contributed by atoms with Gasteiger partial charge < -0.3 is 113 Å². The lowest BCUT2D eigenvalue weighted by atomic mass is 9.94. The number of aliphatic carboxylic acids is 3. The van der Waals surface area contributed by atoms with Gasteiger partial charge in [0.05, 0.1) is 19.8 Å². The zero-order valence-electron chi connectivity index (χ0n) is 49.6. The maximum Gasteiger partial charge on any atom is 0.397 e. The van der Waals surface area contributed by atoms with Gasteiger partial charge in [-0.05, 0) is 6.08 Å². The number of ether oxygens (including phenoxy) is 12. The quantitative estimate of drug-likeness (QED) is 0.0278. The number of carbonyl (C=O) groups is 4. The summed E-state index contributed by atoms with van der Waals surface area (Å²) in [6.45, 7) is -4.40. The highest BCUT2D eigenvalue weighted by atomic mass is 32.3. The molecule has 55 nitrogen and oxygen atoms in total. The summed E-state index contributed by atoms with van der Waals surface area (Å²) >= 11 is 0. The summed E-state index contributed by atoms with van der Waals surface area (Å²) in [6, 6.07) is -7.90. The minimum Gasteiger partial charge on any atom is -0.479 e. The van der Waals surface area contributed by atoms with E-state index in [-0.39, 0.29) is 0 Å². The predicted octanol–water partition coefficient (Wildman–Crippen LogP) is -13.9. The predicted molar refractivity (Wildman–Crippen MR) is 292 cm³/mol. The van der Waals surface area contributed by atoms with Crippen molar-refractivity contribution in [3.8, 4) is 0 Å². The molecule has 28 atom stereocenters. The molecule has 6 heterocycles. The molecule has 6 aliphatic heterocycles. The van der Waals surface area contributed by atoms with Gasteiger partial charge in [-0.25, -0.2) is 35.3 Å². The maximum absolute atomic E-state index is 13.1. The zero-order valence-corrected chi connectivity index (χ0v) is 55.3. The lowest BCUT2D eigenvalue weighted by molar-refractivity contribution is -0.374. The Bertz CT molecular complexity index is 3810. The summed E-state index contributed by atoms with van der Waals surface area (Å²) < 4.78 is 327. The molecule has 1 unspecified atom stereocenters. The summed E-state index contributed by atoms with van der Waals surface area (Å²) in [5.41, 5.74) is 0. The van der Waals surface area contributed by atoms with Crippen molar-refractivity contribution in [2.75, 3.05) is 26.9 Å². The van der Waals surface area contributed by atoms with Crippen LogP contribution in [-0.2, 0) is 170 Å². The highest BCUT2D eigenvalue weighted by molar-refractivity contribution is 7.84. The van der Waals surface area contributed by atoms with Crippen molar-refractivity contribution in [2.24, 2.45) is 0 Å². The van der Waals surface area contributed by atoms with Crippen molar-refractivity contribution in [1.29, 1.82) is 0 Å². The van der Waals surface area contributed by atoms with E-state index in [1.54, 1.807) is 0 Å². The second-order valence-electron chi connectivity index (χ2n) is 21.2. The zero-order chi connectivity index (χ0) is 76.5. The van der Waals surface area contributed by atoms with Gasteiger partial charge >= 0.3 is 90.5 Å². The Balaban J connectivity index is 1.40. The van der Waals surface area contributed by atoms with Crippen LogP contribution in [0.4, 0.5) is 0 Å². The highest BCUT2D eigenvalue weighted by Crippen LogP contribution is 2.39. The van der Waals surface area contributed by atoms with Crippen LogP contribution in [0, 0.1) is 0 Å². The third kappa shape index (κ3) is 23.9. The standard InChI is InChI=1S/C39H61N3O52S7/c1-7(43)40-13-17(46)22(86-37-16(45)8(44)3-9(82-37)31(51)52)11(5-80-98(66,67)68)84-35(13)89-26-19(48)20(49)38(91-29(26)32(53)54)88-24-12(6-81-99(69,70)71)85-36(15(42-96(60,61)62)25(24)93-100(72,73)74)90-27-21(50)28(94-101(75,76)77)39(92-30(27)33(55)56)87-23-10(4-79-97(63,64)65)83-34(78-2)14(18(23)47)41-95(57,58)59/h3,8,10-30,34-39,41-42,44-50H,4-6H2,1-2H3,(H,40,43)(H,51,52)(H,53,54)(H,55,56)(H,57,58,59)(H,60,61,62)(H,63,64,65)(H,66,67,68)(H,69,70,71)(H,72,73,74)(H,75,76,77)/t8-,10+,11+,12+,13+,14+,15+,16+,17+,18+,19+,20+,21-,22+,23+,24+,25+,26-,27-,28+,29-,30+,34-,35+,36+,37?,38+,39+/m0/s1. The Morgan fingerprint density at radius 2 is 0.802 bits per heavy atom. The molecule has 5 fully saturated rings.